The standard InChI is InChI=1S/C10H8N3/c1-2-4-9-8(3-1)5-6-13-7-11-12-10(9)13/h1-6H,7H2. The third kappa shape index (κ3) is 0.869. The minimum atomic E-state index is 0.653. The molecule has 0 saturated heterocycles. The molecule has 1 aromatic rings. The third-order valence-electron chi connectivity index (χ3n) is 2.29. The zero-order valence-electron chi connectivity index (χ0n) is 7.01. The van der Waals surface area contributed by atoms with Crippen LogP contribution in [0.3, 0.4) is 0 Å². The molecule has 0 fully saturated rings. The van der Waals surface area contributed by atoms with Crippen molar-refractivity contribution in [1.82, 2.24) is 10.3 Å². The van der Waals surface area contributed by atoms with E-state index in [4.69, 9.17) is 0 Å². The predicted molar refractivity (Wildman–Crippen MR) is 50.9 cm³/mol. The summed E-state index contributed by atoms with van der Waals surface area (Å²) in [5, 5.41) is 4.12. The van der Waals surface area contributed by atoms with E-state index in [0.717, 1.165) is 5.84 Å². The summed E-state index contributed by atoms with van der Waals surface area (Å²) < 4.78 is 0. The Kier molecular flexibility index (Phi) is 1.22. The number of amidine groups is 1. The second kappa shape index (κ2) is 2.36. The van der Waals surface area contributed by atoms with Crippen molar-refractivity contribution in [2.24, 2.45) is 5.10 Å². The lowest BCUT2D eigenvalue weighted by atomic mass is 10.0. The van der Waals surface area contributed by atoms with Gasteiger partial charge in [0.25, 0.3) is 0 Å². The molecule has 3 rings (SSSR count). The second-order valence-electron chi connectivity index (χ2n) is 3.08. The van der Waals surface area contributed by atoms with E-state index in [2.05, 4.69) is 28.7 Å². The highest BCUT2D eigenvalue weighted by molar-refractivity contribution is 6.04. The topological polar surface area (TPSA) is 29.7 Å². The average molecular weight is 170 g/mol. The molecule has 1 radical (unpaired) electrons. The summed E-state index contributed by atoms with van der Waals surface area (Å²) in [6, 6.07) is 8.22. The molecule has 13 heavy (non-hydrogen) atoms. The van der Waals surface area contributed by atoms with Gasteiger partial charge in [0.15, 0.2) is 5.84 Å². The van der Waals surface area contributed by atoms with Crippen LogP contribution in [0.2, 0.25) is 0 Å². The van der Waals surface area contributed by atoms with Gasteiger partial charge in [-0.3, -0.25) is 0 Å². The Morgan fingerprint density at radius 1 is 1.23 bits per heavy atom. The third-order valence-corrected chi connectivity index (χ3v) is 2.29. The van der Waals surface area contributed by atoms with Gasteiger partial charge in [0.2, 0.25) is 0 Å². The molecule has 0 atom stereocenters. The first kappa shape index (κ1) is 6.71. The van der Waals surface area contributed by atoms with Crippen molar-refractivity contribution in [2.75, 3.05) is 6.67 Å². The SMILES string of the molecule is C1=CN2C[N]N=C2c2ccccc21. The quantitative estimate of drug-likeness (QED) is 0.575. The van der Waals surface area contributed by atoms with E-state index in [0.29, 0.717) is 6.67 Å². The van der Waals surface area contributed by atoms with Crippen LogP contribution in [0.15, 0.2) is 35.6 Å². The largest absolute Gasteiger partial charge is 0.309 e. The maximum absolute atomic E-state index is 4.12. The van der Waals surface area contributed by atoms with Crippen LogP contribution in [0.25, 0.3) is 6.08 Å². The monoisotopic (exact) mass is 170 g/mol. The molecule has 0 unspecified atom stereocenters. The Bertz CT molecular complexity index is 406. The summed E-state index contributed by atoms with van der Waals surface area (Å²) in [6.07, 6.45) is 4.12. The first-order valence-corrected chi connectivity index (χ1v) is 4.24. The van der Waals surface area contributed by atoms with E-state index in [1.54, 1.807) is 0 Å². The molecule has 2 aliphatic heterocycles. The number of hydrogen-bond donors (Lipinski definition) is 0. The molecule has 3 heteroatoms. The van der Waals surface area contributed by atoms with Gasteiger partial charge in [-0.05, 0) is 11.6 Å². The fourth-order valence-corrected chi connectivity index (χ4v) is 1.63. The molecule has 0 N–H and O–H groups in total. The van der Waals surface area contributed by atoms with Crippen LogP contribution >= 0.6 is 0 Å². The maximum atomic E-state index is 4.12. The molecule has 1 aromatic carbocycles. The van der Waals surface area contributed by atoms with E-state index in [-0.39, 0.29) is 0 Å². The number of rotatable bonds is 0. The van der Waals surface area contributed by atoms with Crippen LogP contribution in [0, 0.1) is 0 Å². The molecule has 2 heterocycles. The van der Waals surface area contributed by atoms with E-state index in [1.807, 2.05) is 23.2 Å². The highest BCUT2D eigenvalue weighted by atomic mass is 15.5. The van der Waals surface area contributed by atoms with E-state index in [1.165, 1.54) is 11.1 Å². The number of benzene rings is 1. The highest BCUT2D eigenvalue weighted by Gasteiger charge is 2.22. The first-order valence-electron chi connectivity index (χ1n) is 4.24. The van der Waals surface area contributed by atoms with Crippen molar-refractivity contribution in [1.29, 1.82) is 0 Å². The molecule has 0 aliphatic carbocycles. The van der Waals surface area contributed by atoms with Crippen LogP contribution in [-0.2, 0) is 0 Å². The summed E-state index contributed by atoms with van der Waals surface area (Å²) in [6.45, 7) is 0.653. The molecular formula is C10H8N3. The lowest BCUT2D eigenvalue weighted by Gasteiger charge is -2.19. The molecule has 0 amide bonds. The van der Waals surface area contributed by atoms with Gasteiger partial charge in [0.05, 0.1) is 0 Å². The van der Waals surface area contributed by atoms with Gasteiger partial charge in [-0.25, -0.2) is 0 Å². The fourth-order valence-electron chi connectivity index (χ4n) is 1.63. The molecule has 0 saturated carbocycles. The van der Waals surface area contributed by atoms with Gasteiger partial charge in [-0.1, -0.05) is 24.3 Å². The van der Waals surface area contributed by atoms with Crippen molar-refractivity contribution >= 4 is 11.9 Å². The first-order chi connectivity index (χ1) is 6.45. The molecule has 0 bridgehead atoms. The number of nitrogens with zero attached hydrogens (tertiary/aromatic N) is 3. The fraction of sp³-hybridized carbons (Fsp3) is 0.100. The molecule has 0 spiro atoms. The average Bonchev–Trinajstić information content (AvgIpc) is 2.65. The van der Waals surface area contributed by atoms with Crippen molar-refractivity contribution in [3.05, 3.63) is 41.6 Å². The lowest BCUT2D eigenvalue weighted by Crippen LogP contribution is -2.26. The normalized spacial score (nSPS) is 17.5. The van der Waals surface area contributed by atoms with E-state index < -0.39 is 0 Å². The summed E-state index contributed by atoms with van der Waals surface area (Å²) in [4.78, 5) is 2.04. The van der Waals surface area contributed by atoms with E-state index >= 15 is 0 Å². The van der Waals surface area contributed by atoms with Gasteiger partial charge in [-0.15, -0.1) is 5.10 Å². The maximum Gasteiger partial charge on any atom is 0.164 e. The Hall–Kier alpha value is -1.77. The van der Waals surface area contributed by atoms with Crippen molar-refractivity contribution in [3.8, 4) is 0 Å². The van der Waals surface area contributed by atoms with Crippen molar-refractivity contribution < 1.29 is 0 Å². The molecule has 2 aliphatic rings. The zero-order valence-corrected chi connectivity index (χ0v) is 7.01. The molecule has 3 nitrogen and oxygen atoms in total. The summed E-state index contributed by atoms with van der Waals surface area (Å²) >= 11 is 0. The Morgan fingerprint density at radius 3 is 3.15 bits per heavy atom. The lowest BCUT2D eigenvalue weighted by molar-refractivity contribution is 0.545. The van der Waals surface area contributed by atoms with Gasteiger partial charge >= 0.3 is 0 Å². The van der Waals surface area contributed by atoms with Gasteiger partial charge in [-0.2, -0.15) is 5.43 Å². The predicted octanol–water partition coefficient (Wildman–Crippen LogP) is 1.21. The minimum Gasteiger partial charge on any atom is -0.309 e. The van der Waals surface area contributed by atoms with Crippen molar-refractivity contribution in [2.45, 2.75) is 0 Å². The summed E-state index contributed by atoms with van der Waals surface area (Å²) in [5.41, 5.74) is 6.38. The Labute approximate surface area is 76.4 Å². The zero-order chi connectivity index (χ0) is 8.67. The molecule has 63 valence electrons. The van der Waals surface area contributed by atoms with Crippen LogP contribution in [0.1, 0.15) is 11.1 Å². The van der Waals surface area contributed by atoms with Gasteiger partial charge in [0, 0.05) is 11.8 Å². The van der Waals surface area contributed by atoms with Crippen molar-refractivity contribution in [3.63, 3.8) is 0 Å². The Balaban J connectivity index is 2.23. The number of fused-ring (bicyclic) bond motifs is 3. The van der Waals surface area contributed by atoms with Crippen LogP contribution in [-0.4, -0.2) is 17.4 Å². The van der Waals surface area contributed by atoms with Crippen LogP contribution in [0.5, 0.6) is 0 Å². The minimum absolute atomic E-state index is 0.653. The Morgan fingerprint density at radius 2 is 2.15 bits per heavy atom. The molecular weight excluding hydrogens is 162 g/mol. The second-order valence-corrected chi connectivity index (χ2v) is 3.08. The van der Waals surface area contributed by atoms with Gasteiger partial charge in [0.1, 0.15) is 6.67 Å². The van der Waals surface area contributed by atoms with Gasteiger partial charge < -0.3 is 4.90 Å². The van der Waals surface area contributed by atoms with Crippen LogP contribution < -0.4 is 5.43 Å². The molecule has 0 aromatic heterocycles. The van der Waals surface area contributed by atoms with Crippen LogP contribution in [0.4, 0.5) is 0 Å². The summed E-state index contributed by atoms with van der Waals surface area (Å²) in [5.74, 6) is 0.970. The number of hydrogen-bond acceptors (Lipinski definition) is 2. The summed E-state index contributed by atoms with van der Waals surface area (Å²) in [7, 11) is 0. The smallest absolute Gasteiger partial charge is 0.164 e. The highest BCUT2D eigenvalue weighted by Crippen LogP contribution is 2.21. The van der Waals surface area contributed by atoms with E-state index in [9.17, 15) is 0 Å².